The number of carbonyl (C=O) groups is 1. The van der Waals surface area contributed by atoms with Crippen LogP contribution >= 0.6 is 0 Å². The van der Waals surface area contributed by atoms with Crippen molar-refractivity contribution >= 4 is 17.3 Å². The Kier molecular flexibility index (Phi) is 4.21. The predicted octanol–water partition coefficient (Wildman–Crippen LogP) is 0.840. The lowest BCUT2D eigenvalue weighted by atomic mass is 10.2. The minimum atomic E-state index is -0.454. The molecule has 3 N–H and O–H groups in total. The van der Waals surface area contributed by atoms with E-state index in [9.17, 15) is 9.18 Å². The van der Waals surface area contributed by atoms with Crippen molar-refractivity contribution in [1.29, 1.82) is 0 Å². The second-order valence-corrected chi connectivity index (χ2v) is 3.25. The molecule has 0 aliphatic carbocycles. The van der Waals surface area contributed by atoms with Gasteiger partial charge in [-0.1, -0.05) is 0 Å². The molecule has 1 aromatic rings. The van der Waals surface area contributed by atoms with E-state index in [1.165, 1.54) is 30.4 Å². The van der Waals surface area contributed by atoms with Gasteiger partial charge in [-0.3, -0.25) is 4.79 Å². The molecule has 0 unspecified atom stereocenters. The summed E-state index contributed by atoms with van der Waals surface area (Å²) in [6.07, 6.45) is 0. The number of benzene rings is 1. The number of nitrogen functional groups attached to an aromatic ring is 1. The van der Waals surface area contributed by atoms with E-state index < -0.39 is 5.82 Å². The summed E-state index contributed by atoms with van der Waals surface area (Å²) in [5.41, 5.74) is 6.15. The molecule has 0 aliphatic rings. The first-order valence-electron chi connectivity index (χ1n) is 4.63. The summed E-state index contributed by atoms with van der Waals surface area (Å²) < 4.78 is 12.9. The third-order valence-corrected chi connectivity index (χ3v) is 1.97. The van der Waals surface area contributed by atoms with E-state index in [2.05, 4.69) is 5.32 Å². The Bertz CT molecular complexity index is 384. The second-order valence-electron chi connectivity index (χ2n) is 3.25. The molecule has 0 heterocycles. The van der Waals surface area contributed by atoms with Gasteiger partial charge in [-0.2, -0.15) is 5.06 Å². The van der Waals surface area contributed by atoms with E-state index in [0.717, 1.165) is 0 Å². The van der Waals surface area contributed by atoms with E-state index in [1.54, 1.807) is 7.05 Å². The van der Waals surface area contributed by atoms with E-state index in [-0.39, 0.29) is 18.1 Å². The summed E-state index contributed by atoms with van der Waals surface area (Å²) >= 11 is 0. The van der Waals surface area contributed by atoms with E-state index >= 15 is 0 Å². The molecule has 16 heavy (non-hydrogen) atoms. The first-order valence-corrected chi connectivity index (χ1v) is 4.63. The molecule has 0 bridgehead atoms. The van der Waals surface area contributed by atoms with Gasteiger partial charge in [0.15, 0.2) is 0 Å². The zero-order valence-electron chi connectivity index (χ0n) is 9.16. The van der Waals surface area contributed by atoms with Crippen LogP contribution in [0.4, 0.5) is 15.8 Å². The minimum Gasteiger partial charge on any atom is -0.397 e. The van der Waals surface area contributed by atoms with Crippen LogP contribution in [0.5, 0.6) is 0 Å². The molecule has 0 aliphatic heterocycles. The Hall–Kier alpha value is -1.66. The van der Waals surface area contributed by atoms with Crippen molar-refractivity contribution in [3.05, 3.63) is 24.0 Å². The quantitative estimate of drug-likeness (QED) is 0.591. The highest BCUT2D eigenvalue weighted by atomic mass is 19.1. The highest BCUT2D eigenvalue weighted by molar-refractivity contribution is 5.94. The first-order chi connectivity index (χ1) is 7.52. The van der Waals surface area contributed by atoms with E-state index in [1.807, 2.05) is 0 Å². The summed E-state index contributed by atoms with van der Waals surface area (Å²) in [5.74, 6) is -0.786. The Morgan fingerprint density at radius 3 is 2.94 bits per heavy atom. The number of nitrogens with two attached hydrogens (primary N) is 1. The van der Waals surface area contributed by atoms with Crippen LogP contribution < -0.4 is 11.1 Å². The van der Waals surface area contributed by atoms with Gasteiger partial charge in [0.05, 0.1) is 18.5 Å². The maximum Gasteiger partial charge on any atom is 0.241 e. The van der Waals surface area contributed by atoms with Gasteiger partial charge in [0.25, 0.3) is 0 Å². The van der Waals surface area contributed by atoms with Crippen LogP contribution in [0.2, 0.25) is 0 Å². The Morgan fingerprint density at radius 2 is 2.31 bits per heavy atom. The average Bonchev–Trinajstić information content (AvgIpc) is 2.23. The number of hydrogen-bond donors (Lipinski definition) is 2. The monoisotopic (exact) mass is 227 g/mol. The van der Waals surface area contributed by atoms with Crippen LogP contribution in [0.15, 0.2) is 18.2 Å². The lowest BCUT2D eigenvalue weighted by molar-refractivity contribution is -0.137. The zero-order valence-corrected chi connectivity index (χ0v) is 9.16. The Balaban J connectivity index is 2.65. The van der Waals surface area contributed by atoms with Crippen molar-refractivity contribution < 1.29 is 14.0 Å². The lowest BCUT2D eigenvalue weighted by Crippen LogP contribution is -2.29. The molecule has 0 saturated carbocycles. The maximum atomic E-state index is 12.9. The topological polar surface area (TPSA) is 67.6 Å². The fourth-order valence-corrected chi connectivity index (χ4v) is 1.09. The largest absolute Gasteiger partial charge is 0.397 e. The van der Waals surface area contributed by atoms with Crippen molar-refractivity contribution in [1.82, 2.24) is 5.06 Å². The number of anilines is 2. The van der Waals surface area contributed by atoms with Crippen molar-refractivity contribution in [2.75, 3.05) is 31.8 Å². The molecule has 0 fully saturated rings. The van der Waals surface area contributed by atoms with Crippen LogP contribution in [0.25, 0.3) is 0 Å². The van der Waals surface area contributed by atoms with Gasteiger partial charge in [-0.15, -0.1) is 0 Å². The number of hydroxylamine groups is 2. The van der Waals surface area contributed by atoms with Gasteiger partial charge in [0.2, 0.25) is 5.91 Å². The van der Waals surface area contributed by atoms with Gasteiger partial charge in [-0.05, 0) is 18.2 Å². The van der Waals surface area contributed by atoms with Crippen LogP contribution in [-0.4, -0.2) is 31.7 Å². The fourth-order valence-electron chi connectivity index (χ4n) is 1.09. The molecule has 5 nitrogen and oxygen atoms in total. The molecule has 1 rings (SSSR count). The second kappa shape index (κ2) is 5.43. The summed E-state index contributed by atoms with van der Waals surface area (Å²) in [6, 6.07) is 3.79. The molecular formula is C10H14FN3O2. The number of hydrogen-bond acceptors (Lipinski definition) is 4. The molecule has 0 aromatic heterocycles. The Morgan fingerprint density at radius 1 is 1.62 bits per heavy atom. The summed E-state index contributed by atoms with van der Waals surface area (Å²) in [6.45, 7) is 0.0342. The molecular weight excluding hydrogens is 213 g/mol. The first kappa shape index (κ1) is 12.4. The average molecular weight is 227 g/mol. The van der Waals surface area contributed by atoms with Gasteiger partial charge in [-0.25, -0.2) is 4.39 Å². The normalized spacial score (nSPS) is 10.5. The SMILES string of the molecule is CON(C)CC(=O)Nc1cc(F)ccc1N. The standard InChI is InChI=1S/C10H14FN3O2/c1-14(16-2)6-10(15)13-9-5-7(11)3-4-8(9)12/h3-5H,6,12H2,1-2H3,(H,13,15). The van der Waals surface area contributed by atoms with Crippen LogP contribution in [0.3, 0.4) is 0 Å². The molecule has 0 radical (unpaired) electrons. The Labute approximate surface area is 92.9 Å². The van der Waals surface area contributed by atoms with Gasteiger partial charge in [0, 0.05) is 7.05 Å². The molecule has 1 aromatic carbocycles. The van der Waals surface area contributed by atoms with E-state index in [0.29, 0.717) is 5.69 Å². The van der Waals surface area contributed by atoms with Gasteiger partial charge in [0.1, 0.15) is 12.4 Å². The van der Waals surface area contributed by atoms with Crippen molar-refractivity contribution in [3.63, 3.8) is 0 Å². The smallest absolute Gasteiger partial charge is 0.241 e. The highest BCUT2D eigenvalue weighted by Crippen LogP contribution is 2.18. The molecule has 6 heteroatoms. The number of likely N-dealkylation sites (N-methyl/N-ethyl adjacent to an activating group) is 1. The summed E-state index contributed by atoms with van der Waals surface area (Å²) in [4.78, 5) is 16.2. The number of amides is 1. The van der Waals surface area contributed by atoms with Crippen molar-refractivity contribution in [2.45, 2.75) is 0 Å². The summed E-state index contributed by atoms with van der Waals surface area (Å²) in [7, 11) is 3.05. The van der Waals surface area contributed by atoms with Gasteiger partial charge >= 0.3 is 0 Å². The molecule has 0 saturated heterocycles. The maximum absolute atomic E-state index is 12.9. The number of halogens is 1. The minimum absolute atomic E-state index is 0.0342. The third-order valence-electron chi connectivity index (χ3n) is 1.97. The number of carbonyl (C=O) groups excluding carboxylic acids is 1. The number of nitrogens with zero attached hydrogens (tertiary/aromatic N) is 1. The predicted molar refractivity (Wildman–Crippen MR) is 59.1 cm³/mol. The number of nitrogens with one attached hydrogen (secondary N) is 1. The molecule has 88 valence electrons. The van der Waals surface area contributed by atoms with E-state index in [4.69, 9.17) is 10.6 Å². The number of rotatable bonds is 4. The van der Waals surface area contributed by atoms with Gasteiger partial charge < -0.3 is 15.9 Å². The van der Waals surface area contributed by atoms with Crippen LogP contribution in [0.1, 0.15) is 0 Å². The molecule has 0 spiro atoms. The van der Waals surface area contributed by atoms with Crippen molar-refractivity contribution in [2.24, 2.45) is 0 Å². The zero-order chi connectivity index (χ0) is 12.1. The fraction of sp³-hybridized carbons (Fsp3) is 0.300. The van der Waals surface area contributed by atoms with Crippen LogP contribution in [0, 0.1) is 5.82 Å². The third kappa shape index (κ3) is 3.48. The van der Waals surface area contributed by atoms with Crippen molar-refractivity contribution in [3.8, 4) is 0 Å². The molecule has 1 amide bonds. The molecule has 0 atom stereocenters. The summed E-state index contributed by atoms with van der Waals surface area (Å²) in [5, 5.41) is 3.83. The van der Waals surface area contributed by atoms with Crippen LogP contribution in [-0.2, 0) is 9.63 Å². The lowest BCUT2D eigenvalue weighted by Gasteiger charge is -2.13. The highest BCUT2D eigenvalue weighted by Gasteiger charge is 2.08.